The van der Waals surface area contributed by atoms with Gasteiger partial charge in [-0.2, -0.15) is 13.2 Å². The van der Waals surface area contributed by atoms with E-state index < -0.39 is 12.2 Å². The smallest absolute Gasteiger partial charge is 0.309 e. The van der Waals surface area contributed by atoms with Crippen LogP contribution in [-0.4, -0.2) is 10.9 Å². The van der Waals surface area contributed by atoms with E-state index in [9.17, 15) is 13.2 Å². The molecular formula is C14H15F3N2. The van der Waals surface area contributed by atoms with Gasteiger partial charge >= 0.3 is 6.18 Å². The van der Waals surface area contributed by atoms with Crippen LogP contribution in [-0.2, 0) is 0 Å². The topological polar surface area (TPSA) is 17.0 Å². The number of hydrogen-bond acceptors (Lipinski definition) is 1. The second kappa shape index (κ2) is 4.99. The third kappa shape index (κ3) is 2.92. The molecule has 0 aliphatic rings. The van der Waals surface area contributed by atoms with Crippen LogP contribution in [0.25, 0.3) is 0 Å². The van der Waals surface area contributed by atoms with E-state index in [1.54, 1.807) is 44.2 Å². The Morgan fingerprint density at radius 1 is 0.947 bits per heavy atom. The van der Waals surface area contributed by atoms with Crippen LogP contribution in [0.5, 0.6) is 0 Å². The maximum absolute atomic E-state index is 13.2. The average molecular weight is 268 g/mol. The summed E-state index contributed by atoms with van der Waals surface area (Å²) in [4.78, 5) is 0. The molecule has 1 aromatic heterocycles. The maximum atomic E-state index is 13.2. The van der Waals surface area contributed by atoms with Crippen LogP contribution in [0, 0.1) is 13.8 Å². The Balaban J connectivity index is 2.36. The molecule has 2 aromatic rings. The van der Waals surface area contributed by atoms with Crippen molar-refractivity contribution in [2.24, 2.45) is 0 Å². The number of benzene rings is 1. The van der Waals surface area contributed by atoms with Gasteiger partial charge in [0.1, 0.15) is 0 Å². The van der Waals surface area contributed by atoms with Gasteiger partial charge in [0.2, 0.25) is 0 Å². The van der Waals surface area contributed by atoms with Gasteiger partial charge in [-0.15, -0.1) is 0 Å². The van der Waals surface area contributed by atoms with Crippen LogP contribution in [0.3, 0.4) is 0 Å². The van der Waals surface area contributed by atoms with Gasteiger partial charge < -0.3 is 5.43 Å². The molecule has 0 spiro atoms. The van der Waals surface area contributed by atoms with Crippen LogP contribution in [0.1, 0.15) is 23.0 Å². The molecule has 5 heteroatoms. The second-order valence-electron chi connectivity index (χ2n) is 4.47. The van der Waals surface area contributed by atoms with Crippen molar-refractivity contribution in [2.75, 3.05) is 5.43 Å². The Morgan fingerprint density at radius 2 is 1.47 bits per heavy atom. The van der Waals surface area contributed by atoms with Crippen molar-refractivity contribution in [3.05, 3.63) is 59.4 Å². The normalized spacial score (nSPS) is 13.3. The Bertz CT molecular complexity index is 524. The largest absolute Gasteiger partial charge is 0.414 e. The summed E-state index contributed by atoms with van der Waals surface area (Å²) in [6, 6.07) is 9.68. The fraction of sp³-hybridized carbons (Fsp3) is 0.286. The van der Waals surface area contributed by atoms with Crippen LogP contribution >= 0.6 is 0 Å². The predicted molar refractivity (Wildman–Crippen MR) is 68.5 cm³/mol. The highest BCUT2D eigenvalue weighted by atomic mass is 19.4. The number of nitrogens with zero attached hydrogens (tertiary/aromatic N) is 1. The summed E-state index contributed by atoms with van der Waals surface area (Å²) in [5.74, 6) is 0. The van der Waals surface area contributed by atoms with Gasteiger partial charge in [-0.05, 0) is 31.5 Å². The Kier molecular flexibility index (Phi) is 3.55. The van der Waals surface area contributed by atoms with Gasteiger partial charge in [0, 0.05) is 11.4 Å². The molecule has 0 fully saturated rings. The first-order valence-corrected chi connectivity index (χ1v) is 5.93. The van der Waals surface area contributed by atoms with Gasteiger partial charge in [0.15, 0.2) is 6.04 Å². The number of nitrogens with one attached hydrogen (secondary N) is 1. The Morgan fingerprint density at radius 3 is 1.95 bits per heavy atom. The standard InChI is InChI=1S/C14H15F3N2/c1-10-8-9-11(2)19(10)18-13(14(15,16)17)12-6-4-3-5-7-12/h3-9,13,18H,1-2H3. The van der Waals surface area contributed by atoms with Crippen LogP contribution in [0.2, 0.25) is 0 Å². The van der Waals surface area contributed by atoms with Crippen molar-refractivity contribution in [1.82, 2.24) is 4.68 Å². The van der Waals surface area contributed by atoms with Crippen molar-refractivity contribution in [3.8, 4) is 0 Å². The van der Waals surface area contributed by atoms with Crippen LogP contribution in [0.15, 0.2) is 42.5 Å². The molecule has 0 aliphatic heterocycles. The summed E-state index contributed by atoms with van der Waals surface area (Å²) in [6.07, 6.45) is -4.36. The molecule has 102 valence electrons. The molecule has 1 N–H and O–H groups in total. The number of rotatable bonds is 3. The third-order valence-electron chi connectivity index (χ3n) is 2.99. The number of hydrogen-bond donors (Lipinski definition) is 1. The number of aryl methyl sites for hydroxylation is 2. The zero-order chi connectivity index (χ0) is 14.0. The summed E-state index contributed by atoms with van der Waals surface area (Å²) in [7, 11) is 0. The van der Waals surface area contributed by atoms with Gasteiger partial charge in [-0.25, -0.2) is 0 Å². The molecule has 0 amide bonds. The predicted octanol–water partition coefficient (Wildman–Crippen LogP) is 3.95. The van der Waals surface area contributed by atoms with E-state index in [1.807, 2.05) is 0 Å². The highest BCUT2D eigenvalue weighted by molar-refractivity contribution is 5.25. The van der Waals surface area contributed by atoms with Crippen molar-refractivity contribution in [2.45, 2.75) is 26.1 Å². The van der Waals surface area contributed by atoms with E-state index in [2.05, 4.69) is 5.43 Å². The van der Waals surface area contributed by atoms with Crippen LogP contribution < -0.4 is 5.43 Å². The third-order valence-corrected chi connectivity index (χ3v) is 2.99. The van der Waals surface area contributed by atoms with Crippen LogP contribution in [0.4, 0.5) is 13.2 Å². The molecule has 1 aromatic carbocycles. The van der Waals surface area contributed by atoms with Crippen molar-refractivity contribution in [1.29, 1.82) is 0 Å². The average Bonchev–Trinajstić information content (AvgIpc) is 2.66. The summed E-state index contributed by atoms with van der Waals surface area (Å²) in [5.41, 5.74) is 4.22. The van der Waals surface area contributed by atoms with E-state index in [4.69, 9.17) is 0 Å². The number of halogens is 3. The Hall–Kier alpha value is -1.91. The van der Waals surface area contributed by atoms with Crippen molar-refractivity contribution in [3.63, 3.8) is 0 Å². The molecule has 1 atom stereocenters. The minimum atomic E-state index is -4.36. The lowest BCUT2D eigenvalue weighted by Gasteiger charge is -2.25. The van der Waals surface area contributed by atoms with Crippen molar-refractivity contribution >= 4 is 0 Å². The number of alkyl halides is 3. The first kappa shape index (κ1) is 13.5. The van der Waals surface area contributed by atoms with E-state index >= 15 is 0 Å². The molecule has 1 unspecified atom stereocenters. The van der Waals surface area contributed by atoms with Gasteiger partial charge in [-0.1, -0.05) is 30.3 Å². The molecule has 1 heterocycles. The highest BCUT2D eigenvalue weighted by Crippen LogP contribution is 2.33. The summed E-state index contributed by atoms with van der Waals surface area (Å²) in [6.45, 7) is 3.52. The SMILES string of the molecule is Cc1ccc(C)n1NC(c1ccccc1)C(F)(F)F. The first-order chi connectivity index (χ1) is 8.89. The van der Waals surface area contributed by atoms with Gasteiger partial charge in [0.05, 0.1) is 0 Å². The van der Waals surface area contributed by atoms with E-state index in [0.29, 0.717) is 0 Å². The first-order valence-electron chi connectivity index (χ1n) is 5.93. The zero-order valence-corrected chi connectivity index (χ0v) is 10.7. The summed E-state index contributed by atoms with van der Waals surface area (Å²) in [5, 5.41) is 0. The molecule has 0 aliphatic carbocycles. The van der Waals surface area contributed by atoms with E-state index in [-0.39, 0.29) is 5.56 Å². The minimum absolute atomic E-state index is 0.197. The fourth-order valence-corrected chi connectivity index (χ4v) is 1.98. The quantitative estimate of drug-likeness (QED) is 0.891. The van der Waals surface area contributed by atoms with E-state index in [1.165, 1.54) is 16.8 Å². The summed E-state index contributed by atoms with van der Waals surface area (Å²) >= 11 is 0. The molecular weight excluding hydrogens is 253 g/mol. The lowest BCUT2D eigenvalue weighted by Crippen LogP contribution is -2.33. The lowest BCUT2D eigenvalue weighted by molar-refractivity contribution is -0.146. The molecule has 2 nitrogen and oxygen atoms in total. The monoisotopic (exact) mass is 268 g/mol. The van der Waals surface area contributed by atoms with Crippen molar-refractivity contribution < 1.29 is 13.2 Å². The minimum Gasteiger partial charge on any atom is -0.309 e. The fourth-order valence-electron chi connectivity index (χ4n) is 1.98. The van der Waals surface area contributed by atoms with E-state index in [0.717, 1.165) is 11.4 Å². The molecule has 0 saturated heterocycles. The molecule has 0 saturated carbocycles. The Labute approximate surface area is 109 Å². The zero-order valence-electron chi connectivity index (χ0n) is 10.7. The van der Waals surface area contributed by atoms with Gasteiger partial charge in [0.25, 0.3) is 0 Å². The molecule has 19 heavy (non-hydrogen) atoms. The molecule has 2 rings (SSSR count). The van der Waals surface area contributed by atoms with Gasteiger partial charge in [-0.3, -0.25) is 4.68 Å². The highest BCUT2D eigenvalue weighted by Gasteiger charge is 2.41. The summed E-state index contributed by atoms with van der Waals surface area (Å²) < 4.78 is 41.0. The maximum Gasteiger partial charge on any atom is 0.414 e. The molecule has 0 bridgehead atoms. The molecule has 0 radical (unpaired) electrons. The second-order valence-corrected chi connectivity index (χ2v) is 4.47. The number of aromatic nitrogens is 1. The lowest BCUT2D eigenvalue weighted by atomic mass is 10.1.